The highest BCUT2D eigenvalue weighted by atomic mass is 19.1. The zero-order valence-corrected chi connectivity index (χ0v) is 17.0. The first kappa shape index (κ1) is 19.3. The van der Waals surface area contributed by atoms with E-state index in [1.54, 1.807) is 19.2 Å². The molecule has 2 aromatic heterocycles. The van der Waals surface area contributed by atoms with E-state index in [1.807, 2.05) is 24.1 Å². The number of nitrogens with one attached hydrogen (secondary N) is 3. The maximum atomic E-state index is 13.5. The van der Waals surface area contributed by atoms with Crippen LogP contribution in [0.1, 0.15) is 18.4 Å². The predicted octanol–water partition coefficient (Wildman–Crippen LogP) is 2.42. The lowest BCUT2D eigenvalue weighted by Gasteiger charge is -2.34. The van der Waals surface area contributed by atoms with E-state index in [2.05, 4.69) is 36.8 Å². The molecule has 1 aliphatic rings. The number of aliphatic imine (C=N–C) groups is 1. The van der Waals surface area contributed by atoms with Crippen molar-refractivity contribution in [1.29, 1.82) is 0 Å². The third-order valence-electron chi connectivity index (χ3n) is 5.46. The van der Waals surface area contributed by atoms with Crippen LogP contribution in [-0.4, -0.2) is 53.4 Å². The zero-order valence-electron chi connectivity index (χ0n) is 17.0. The van der Waals surface area contributed by atoms with Gasteiger partial charge in [0.05, 0.1) is 11.9 Å². The van der Waals surface area contributed by atoms with Crippen LogP contribution in [0.2, 0.25) is 0 Å². The van der Waals surface area contributed by atoms with Crippen molar-refractivity contribution in [2.24, 2.45) is 12.0 Å². The highest BCUT2D eigenvalue weighted by Crippen LogP contribution is 2.20. The van der Waals surface area contributed by atoms with Crippen molar-refractivity contribution in [3.05, 3.63) is 48.2 Å². The highest BCUT2D eigenvalue weighted by Gasteiger charge is 2.21. The molecule has 1 unspecified atom stereocenters. The van der Waals surface area contributed by atoms with Gasteiger partial charge in [0.15, 0.2) is 5.96 Å². The lowest BCUT2D eigenvalue weighted by Crippen LogP contribution is -2.51. The fraction of sp³-hybridized carbons (Fsp3) is 0.429. The number of halogens is 1. The number of aromatic nitrogens is 3. The van der Waals surface area contributed by atoms with Crippen LogP contribution in [0.5, 0.6) is 0 Å². The summed E-state index contributed by atoms with van der Waals surface area (Å²) in [6.07, 6.45) is 8.95. The molecule has 29 heavy (non-hydrogen) atoms. The average molecular weight is 398 g/mol. The molecule has 3 heterocycles. The van der Waals surface area contributed by atoms with Gasteiger partial charge >= 0.3 is 0 Å². The van der Waals surface area contributed by atoms with Gasteiger partial charge in [-0.2, -0.15) is 5.10 Å². The van der Waals surface area contributed by atoms with Crippen LogP contribution in [0.3, 0.4) is 0 Å². The van der Waals surface area contributed by atoms with Gasteiger partial charge in [0, 0.05) is 63.1 Å². The first-order valence-electron chi connectivity index (χ1n) is 10.1. The molecule has 1 atom stereocenters. The van der Waals surface area contributed by atoms with Crippen LogP contribution in [0.15, 0.2) is 41.8 Å². The Hall–Kier alpha value is -3.03. The molecule has 154 valence electrons. The largest absolute Gasteiger partial charge is 0.367 e. The first-order valence-corrected chi connectivity index (χ1v) is 10.1. The van der Waals surface area contributed by atoms with Crippen LogP contribution < -0.4 is 15.5 Å². The van der Waals surface area contributed by atoms with Gasteiger partial charge in [-0.05, 0) is 43.0 Å². The minimum absolute atomic E-state index is 0.209. The number of hydrogen-bond donors (Lipinski definition) is 3. The first-order chi connectivity index (χ1) is 14.1. The number of hydrogen-bond acceptors (Lipinski definition) is 3. The minimum atomic E-state index is -0.209. The fourth-order valence-corrected chi connectivity index (χ4v) is 3.96. The molecule has 1 saturated heterocycles. The van der Waals surface area contributed by atoms with Crippen molar-refractivity contribution < 1.29 is 4.39 Å². The smallest absolute Gasteiger partial charge is 0.191 e. The molecular weight excluding hydrogens is 369 g/mol. The molecule has 1 fully saturated rings. The van der Waals surface area contributed by atoms with E-state index in [0.717, 1.165) is 67.0 Å². The summed E-state index contributed by atoms with van der Waals surface area (Å²) in [5.74, 6) is 0.591. The number of anilines is 1. The second kappa shape index (κ2) is 8.55. The van der Waals surface area contributed by atoms with Crippen LogP contribution in [0, 0.1) is 5.82 Å². The van der Waals surface area contributed by atoms with Crippen LogP contribution in [-0.2, 0) is 13.5 Å². The Balaban J connectivity index is 1.30. The number of nitrogens with zero attached hydrogens (tertiary/aromatic N) is 4. The van der Waals surface area contributed by atoms with Crippen molar-refractivity contribution >= 4 is 22.5 Å². The molecule has 4 rings (SSSR count). The molecule has 7 nitrogen and oxygen atoms in total. The van der Waals surface area contributed by atoms with Crippen LogP contribution in [0.25, 0.3) is 10.9 Å². The highest BCUT2D eigenvalue weighted by molar-refractivity contribution is 5.83. The van der Waals surface area contributed by atoms with E-state index in [1.165, 1.54) is 6.07 Å². The lowest BCUT2D eigenvalue weighted by molar-refractivity contribution is 0.468. The summed E-state index contributed by atoms with van der Waals surface area (Å²) in [5.41, 5.74) is 3.22. The third-order valence-corrected chi connectivity index (χ3v) is 5.46. The summed E-state index contributed by atoms with van der Waals surface area (Å²) in [7, 11) is 3.73. The summed E-state index contributed by atoms with van der Waals surface area (Å²) >= 11 is 0. The Morgan fingerprint density at radius 1 is 1.41 bits per heavy atom. The number of guanidine groups is 1. The molecule has 8 heteroatoms. The summed E-state index contributed by atoms with van der Waals surface area (Å²) in [6, 6.07) is 5.17. The van der Waals surface area contributed by atoms with Crippen molar-refractivity contribution in [2.75, 3.05) is 31.6 Å². The molecule has 3 aromatic rings. The molecule has 0 amide bonds. The van der Waals surface area contributed by atoms with Crippen LogP contribution >= 0.6 is 0 Å². The van der Waals surface area contributed by atoms with Gasteiger partial charge in [-0.15, -0.1) is 0 Å². The predicted molar refractivity (Wildman–Crippen MR) is 115 cm³/mol. The molecule has 1 aliphatic heterocycles. The van der Waals surface area contributed by atoms with Gasteiger partial charge in [0.25, 0.3) is 0 Å². The fourth-order valence-electron chi connectivity index (χ4n) is 3.96. The van der Waals surface area contributed by atoms with Crippen LogP contribution in [0.4, 0.5) is 10.1 Å². The van der Waals surface area contributed by atoms with Gasteiger partial charge in [-0.25, -0.2) is 4.39 Å². The number of aromatic amines is 1. The van der Waals surface area contributed by atoms with E-state index >= 15 is 0 Å². The molecule has 1 aromatic carbocycles. The van der Waals surface area contributed by atoms with E-state index in [4.69, 9.17) is 0 Å². The second-order valence-electron chi connectivity index (χ2n) is 7.55. The van der Waals surface area contributed by atoms with Gasteiger partial charge in [-0.3, -0.25) is 9.67 Å². The number of benzene rings is 1. The Labute approximate surface area is 170 Å². The topological polar surface area (TPSA) is 73.3 Å². The Morgan fingerprint density at radius 3 is 3.10 bits per heavy atom. The van der Waals surface area contributed by atoms with Gasteiger partial charge < -0.3 is 20.5 Å². The second-order valence-corrected chi connectivity index (χ2v) is 7.55. The Kier molecular flexibility index (Phi) is 5.69. The normalized spacial score (nSPS) is 17.7. The minimum Gasteiger partial charge on any atom is -0.367 e. The molecule has 0 saturated carbocycles. The number of H-pyrrole nitrogens is 1. The number of piperidine rings is 1. The van der Waals surface area contributed by atoms with Crippen molar-refractivity contribution in [1.82, 2.24) is 25.4 Å². The van der Waals surface area contributed by atoms with E-state index < -0.39 is 0 Å². The zero-order chi connectivity index (χ0) is 20.2. The third kappa shape index (κ3) is 4.52. The monoisotopic (exact) mass is 397 g/mol. The number of rotatable bonds is 5. The molecule has 0 spiro atoms. The summed E-state index contributed by atoms with van der Waals surface area (Å²) in [4.78, 5) is 9.94. The van der Waals surface area contributed by atoms with E-state index in [9.17, 15) is 4.39 Å². The molecule has 0 bridgehead atoms. The molecule has 3 N–H and O–H groups in total. The lowest BCUT2D eigenvalue weighted by atomic mass is 10.1. The maximum absolute atomic E-state index is 13.5. The van der Waals surface area contributed by atoms with Gasteiger partial charge in [-0.1, -0.05) is 0 Å². The number of aryl methyl sites for hydroxylation is 1. The van der Waals surface area contributed by atoms with Gasteiger partial charge in [0.2, 0.25) is 0 Å². The summed E-state index contributed by atoms with van der Waals surface area (Å²) < 4.78 is 15.4. The van der Waals surface area contributed by atoms with Crippen molar-refractivity contribution in [3.8, 4) is 0 Å². The maximum Gasteiger partial charge on any atom is 0.191 e. The summed E-state index contributed by atoms with van der Waals surface area (Å²) in [5, 5.41) is 12.1. The van der Waals surface area contributed by atoms with Gasteiger partial charge in [0.1, 0.15) is 5.82 Å². The van der Waals surface area contributed by atoms with Crippen molar-refractivity contribution in [3.63, 3.8) is 0 Å². The average Bonchev–Trinajstić information content (AvgIpc) is 3.33. The Bertz CT molecular complexity index is 990. The standard InChI is InChI=1S/C21H28FN7/c1-23-21(24-8-7-15-11-25-20-6-5-16(22)10-19(15)20)27-17-4-3-9-29(13-17)18-12-26-28(2)14-18/h5-6,10-12,14,17,25H,3-4,7-9,13H2,1-2H3,(H2,23,24,27). The SMILES string of the molecule is CN=C(NCCc1c[nH]c2ccc(F)cc12)NC1CCCN(c2cnn(C)c2)C1. The molecular formula is C21H28FN7. The molecule has 0 radical (unpaired) electrons. The quantitative estimate of drug-likeness (QED) is 0.457. The Morgan fingerprint density at radius 2 is 2.31 bits per heavy atom. The van der Waals surface area contributed by atoms with E-state index in [0.29, 0.717) is 6.04 Å². The summed E-state index contributed by atoms with van der Waals surface area (Å²) in [6.45, 7) is 2.70. The number of fused-ring (bicyclic) bond motifs is 1. The molecule has 0 aliphatic carbocycles. The van der Waals surface area contributed by atoms with Crippen molar-refractivity contribution in [2.45, 2.75) is 25.3 Å². The van der Waals surface area contributed by atoms with E-state index in [-0.39, 0.29) is 5.82 Å².